The highest BCUT2D eigenvalue weighted by atomic mass is 16.8. The third-order valence-corrected chi connectivity index (χ3v) is 12.4. The van der Waals surface area contributed by atoms with Crippen LogP contribution < -0.4 is 27.4 Å². The fourth-order valence-electron chi connectivity index (χ4n) is 9.35. The Hall–Kier alpha value is -7.09. The lowest BCUT2D eigenvalue weighted by Gasteiger charge is -2.49. The van der Waals surface area contributed by atoms with E-state index in [4.69, 9.17) is 63.6 Å². The van der Waals surface area contributed by atoms with Gasteiger partial charge in [-0.2, -0.15) is 0 Å². The van der Waals surface area contributed by atoms with E-state index in [2.05, 4.69) is 16.0 Å². The lowest BCUT2D eigenvalue weighted by Crippen LogP contribution is -2.70. The Morgan fingerprint density at radius 3 is 1.87 bits per heavy atom. The predicted octanol–water partition coefficient (Wildman–Crippen LogP) is -4.50. The van der Waals surface area contributed by atoms with E-state index in [9.17, 15) is 62.3 Å². The number of esters is 7. The molecule has 6 amide bonds. The molecule has 0 aromatic heterocycles. The van der Waals surface area contributed by atoms with Crippen LogP contribution in [0.2, 0.25) is 0 Å². The molecule has 31 heteroatoms. The number of ether oxygens (including phenoxy) is 11. The molecule has 0 aliphatic carbocycles. The molecule has 4 rings (SSSR count). The van der Waals surface area contributed by atoms with Gasteiger partial charge in [0.2, 0.25) is 35.4 Å². The summed E-state index contributed by atoms with van der Waals surface area (Å²) in [5.41, 5.74) is 11.9. The Morgan fingerprint density at radius 2 is 1.34 bits per heavy atom. The van der Waals surface area contributed by atoms with Crippen LogP contribution in [0.4, 0.5) is 0 Å². The van der Waals surface area contributed by atoms with Gasteiger partial charge in [0.25, 0.3) is 5.79 Å². The first kappa shape index (κ1) is 62.4. The molecule has 7 N–H and O–H groups in total. The molecule has 0 radical (unpaired) electrons. The molecule has 4 saturated heterocycles. The van der Waals surface area contributed by atoms with Crippen LogP contribution in [0.3, 0.4) is 0 Å². The Bertz CT molecular complexity index is 2300. The molecular weight excluding hydrogens is 1030 g/mol. The van der Waals surface area contributed by atoms with Crippen LogP contribution in [0, 0.1) is 0 Å². The quantitative estimate of drug-likeness (QED) is 0.0534. The maximum Gasteiger partial charge on any atom is 0.366 e. The van der Waals surface area contributed by atoms with Crippen molar-refractivity contribution < 1.29 is 114 Å². The Labute approximate surface area is 440 Å². The summed E-state index contributed by atoms with van der Waals surface area (Å²) in [4.78, 5) is 170. The van der Waals surface area contributed by atoms with Crippen LogP contribution in [0.1, 0.15) is 88.5 Å². The van der Waals surface area contributed by atoms with Crippen molar-refractivity contribution in [2.24, 2.45) is 11.5 Å². The molecule has 0 bridgehead atoms. The van der Waals surface area contributed by atoms with Gasteiger partial charge < -0.3 is 89.3 Å². The standard InChI is InChI=1S/C46H67N7O24/c1-18(40(63)50-19(2)42(65)52-14-12-13-28(52)39(48)62)49-41(64)32(47)43-53(21(4)55)34-38(74-27(10)61)36(73-26(9)60)31(75-44(34)76-43)17-69-46(45(66)67-11)15-29(70-23(6)57)33(51-20(3)54)37(77-46)35(72-25(8)59)30(71-24(7)58)16-68-22(5)56/h18-19,28-38,43-44H,12-17,47H2,1-11H3,(H2,48,62)(H,49,64)(H,50,63)(H,51,54)/t18-,19-,28-,29+,30+,31?,32+,33+,34?,35+,36-,37?,38+,43-,44+,46+/m0/s1. The smallest absolute Gasteiger partial charge is 0.366 e. The van der Waals surface area contributed by atoms with Crippen molar-refractivity contribution in [2.75, 3.05) is 26.9 Å². The lowest BCUT2D eigenvalue weighted by atomic mass is 9.87. The molecule has 4 heterocycles. The van der Waals surface area contributed by atoms with E-state index in [-0.39, 0.29) is 6.54 Å². The van der Waals surface area contributed by atoms with Crippen LogP contribution in [0.25, 0.3) is 0 Å². The molecule has 0 aromatic carbocycles. The zero-order valence-electron chi connectivity index (χ0n) is 44.2. The van der Waals surface area contributed by atoms with Crippen LogP contribution >= 0.6 is 0 Å². The number of amides is 6. The van der Waals surface area contributed by atoms with Gasteiger partial charge in [-0.15, -0.1) is 0 Å². The summed E-state index contributed by atoms with van der Waals surface area (Å²) in [6, 6.07) is -8.43. The second-order valence-electron chi connectivity index (χ2n) is 18.5. The molecule has 4 aliphatic rings. The van der Waals surface area contributed by atoms with Crippen LogP contribution in [0.5, 0.6) is 0 Å². The van der Waals surface area contributed by atoms with Crippen molar-refractivity contribution in [1.29, 1.82) is 0 Å². The number of carbonyl (C=O) groups excluding carboxylic acids is 13. The number of fused-ring (bicyclic) bond motifs is 1. The number of hydrogen-bond acceptors (Lipinski definition) is 25. The van der Waals surface area contributed by atoms with E-state index in [0.717, 1.165) is 67.4 Å². The van der Waals surface area contributed by atoms with Crippen molar-refractivity contribution in [2.45, 2.75) is 186 Å². The predicted molar refractivity (Wildman–Crippen MR) is 249 cm³/mol. The van der Waals surface area contributed by atoms with Gasteiger partial charge >= 0.3 is 41.8 Å². The van der Waals surface area contributed by atoms with Gasteiger partial charge in [0.1, 0.15) is 55.1 Å². The van der Waals surface area contributed by atoms with E-state index < -0.39 is 194 Å². The van der Waals surface area contributed by atoms with Crippen LogP contribution in [0.15, 0.2) is 0 Å². The average Bonchev–Trinajstić information content (AvgIpc) is 3.98. The molecule has 0 saturated carbocycles. The van der Waals surface area contributed by atoms with Crippen molar-refractivity contribution in [3.05, 3.63) is 0 Å². The molecule has 3 unspecified atom stereocenters. The average molecular weight is 1100 g/mol. The third-order valence-electron chi connectivity index (χ3n) is 12.4. The Morgan fingerprint density at radius 1 is 0.740 bits per heavy atom. The molecular formula is C46H67N7O24. The van der Waals surface area contributed by atoms with Crippen LogP contribution in [-0.4, -0.2) is 211 Å². The number of primary amides is 1. The lowest BCUT2D eigenvalue weighted by molar-refractivity contribution is -0.330. The van der Waals surface area contributed by atoms with E-state index in [1.54, 1.807) is 0 Å². The molecule has 4 fully saturated rings. The first-order valence-corrected chi connectivity index (χ1v) is 24.2. The Balaban J connectivity index is 1.74. The molecule has 77 heavy (non-hydrogen) atoms. The number of carbonyl (C=O) groups is 13. The highest BCUT2D eigenvalue weighted by Gasteiger charge is 2.63. The summed E-state index contributed by atoms with van der Waals surface area (Å²) in [6.45, 7) is 8.99. The summed E-state index contributed by atoms with van der Waals surface area (Å²) in [5.74, 6) is -15.1. The number of nitrogens with two attached hydrogens (primary N) is 2. The topological polar surface area (TPSA) is 418 Å². The highest BCUT2D eigenvalue weighted by Crippen LogP contribution is 2.41. The van der Waals surface area contributed by atoms with Gasteiger partial charge in [0.15, 0.2) is 36.9 Å². The van der Waals surface area contributed by atoms with Crippen molar-refractivity contribution >= 4 is 77.2 Å². The number of nitrogens with zero attached hydrogens (tertiary/aromatic N) is 2. The highest BCUT2D eigenvalue weighted by molar-refractivity contribution is 5.94. The zero-order chi connectivity index (χ0) is 58.0. The van der Waals surface area contributed by atoms with Gasteiger partial charge in [-0.25, -0.2) is 4.79 Å². The first-order chi connectivity index (χ1) is 35.9. The van der Waals surface area contributed by atoms with Gasteiger partial charge in [0, 0.05) is 61.9 Å². The number of likely N-dealkylation sites (tertiary alicyclic amines) is 1. The summed E-state index contributed by atoms with van der Waals surface area (Å²) < 4.78 is 63.0. The Kier molecular flexibility index (Phi) is 21.7. The number of rotatable bonds is 21. The second kappa shape index (κ2) is 26.8. The second-order valence-corrected chi connectivity index (χ2v) is 18.5. The van der Waals surface area contributed by atoms with Crippen LogP contribution in [-0.2, 0) is 114 Å². The van der Waals surface area contributed by atoms with Gasteiger partial charge in [-0.3, -0.25) is 57.5 Å². The maximum absolute atomic E-state index is 14.2. The summed E-state index contributed by atoms with van der Waals surface area (Å²) in [6.07, 6.45) is -16.1. The molecule has 430 valence electrons. The van der Waals surface area contributed by atoms with E-state index in [1.165, 1.54) is 18.7 Å². The normalized spacial score (nSPS) is 28.5. The summed E-state index contributed by atoms with van der Waals surface area (Å²) in [7, 11) is 0.896. The summed E-state index contributed by atoms with van der Waals surface area (Å²) >= 11 is 0. The molecule has 0 aromatic rings. The third kappa shape index (κ3) is 15.8. The largest absolute Gasteiger partial charge is 0.465 e. The van der Waals surface area contributed by atoms with E-state index in [1.807, 2.05) is 0 Å². The fourth-order valence-corrected chi connectivity index (χ4v) is 9.35. The number of nitrogens with one attached hydrogen (secondary N) is 3. The molecule has 16 atom stereocenters. The zero-order valence-corrected chi connectivity index (χ0v) is 44.2. The molecule has 31 nitrogen and oxygen atoms in total. The minimum absolute atomic E-state index is 0.227. The number of methoxy groups -OCH3 is 1. The van der Waals surface area contributed by atoms with E-state index in [0.29, 0.717) is 12.8 Å². The molecule has 4 aliphatic heterocycles. The maximum atomic E-state index is 14.2. The SMILES string of the molecule is COC(=O)[C@@]1(OCC2O[C@@H]3O[C@@H]([C@H](N)C(=O)N[C@@H](C)C(=O)N[C@@H](C)C(=O)N4CCC[C@H]4C(N)=O)N(C(C)=O)C3[C@@H](OC(C)=O)[C@H]2OC(C)=O)C[C@@H](OC(C)=O)[C@@H](NC(C)=O)C([C@H](OC(C)=O)[C@@H](COC(C)=O)OC(C)=O)O1. The number of hydrogen-bond donors (Lipinski definition) is 5. The van der Waals surface area contributed by atoms with Gasteiger partial charge in [0.05, 0.1) is 26.2 Å². The van der Waals surface area contributed by atoms with Gasteiger partial charge in [-0.05, 0) is 26.7 Å². The monoisotopic (exact) mass is 1100 g/mol. The van der Waals surface area contributed by atoms with E-state index >= 15 is 0 Å². The first-order valence-electron chi connectivity index (χ1n) is 24.2. The minimum Gasteiger partial charge on any atom is -0.465 e. The fraction of sp³-hybridized carbons (Fsp3) is 0.717. The van der Waals surface area contributed by atoms with Crippen molar-refractivity contribution in [1.82, 2.24) is 25.8 Å². The van der Waals surface area contributed by atoms with Gasteiger partial charge in [-0.1, -0.05) is 0 Å². The van der Waals surface area contributed by atoms with Crippen molar-refractivity contribution in [3.63, 3.8) is 0 Å². The summed E-state index contributed by atoms with van der Waals surface area (Å²) in [5, 5.41) is 7.37. The molecule has 0 spiro atoms. The minimum atomic E-state index is -2.84. The van der Waals surface area contributed by atoms with Crippen molar-refractivity contribution in [3.8, 4) is 0 Å².